The number of carboxylic acid groups (broad SMARTS) is 1. The molecule has 0 saturated carbocycles. The van der Waals surface area contributed by atoms with E-state index in [0.717, 1.165) is 18.3 Å². The Morgan fingerprint density at radius 3 is 2.55 bits per heavy atom. The topological polar surface area (TPSA) is 116 Å². The standard InChI is InChI=1S/C19H10F3N3O4/c20-19(21,22)13-4-2-1-3-11(13)15-9-24-17(29-15)16(26)25-14-6-5-10(8-23)7-12(14)18(27)28/h1-7,9H,(H,25,26)(H,27,28). The monoisotopic (exact) mass is 401 g/mol. The molecular weight excluding hydrogens is 391 g/mol. The first-order valence-electron chi connectivity index (χ1n) is 7.92. The smallest absolute Gasteiger partial charge is 0.417 e. The number of hydrogen-bond acceptors (Lipinski definition) is 5. The molecule has 0 fully saturated rings. The molecule has 0 aliphatic carbocycles. The maximum absolute atomic E-state index is 13.1. The van der Waals surface area contributed by atoms with Gasteiger partial charge in [0, 0.05) is 5.56 Å². The highest BCUT2D eigenvalue weighted by Gasteiger charge is 2.34. The van der Waals surface area contributed by atoms with Crippen molar-refractivity contribution in [3.63, 3.8) is 0 Å². The van der Waals surface area contributed by atoms with Crippen LogP contribution in [0.2, 0.25) is 0 Å². The summed E-state index contributed by atoms with van der Waals surface area (Å²) in [6.07, 6.45) is -3.67. The van der Waals surface area contributed by atoms with Gasteiger partial charge in [-0.1, -0.05) is 18.2 Å². The Balaban J connectivity index is 1.91. The molecule has 7 nitrogen and oxygen atoms in total. The third kappa shape index (κ3) is 4.08. The molecule has 3 rings (SSSR count). The normalized spacial score (nSPS) is 11.0. The van der Waals surface area contributed by atoms with Gasteiger partial charge in [-0.15, -0.1) is 0 Å². The molecule has 0 radical (unpaired) electrons. The van der Waals surface area contributed by atoms with Crippen LogP contribution in [0.1, 0.15) is 32.2 Å². The van der Waals surface area contributed by atoms with Crippen molar-refractivity contribution < 1.29 is 32.3 Å². The van der Waals surface area contributed by atoms with Crippen LogP contribution in [0.5, 0.6) is 0 Å². The van der Waals surface area contributed by atoms with E-state index in [1.165, 1.54) is 30.3 Å². The number of nitrogens with zero attached hydrogens (tertiary/aromatic N) is 2. The van der Waals surface area contributed by atoms with Crippen LogP contribution in [0.4, 0.5) is 18.9 Å². The molecule has 0 bridgehead atoms. The number of anilines is 1. The molecule has 10 heteroatoms. The Bertz CT molecular complexity index is 1150. The lowest BCUT2D eigenvalue weighted by molar-refractivity contribution is -0.137. The highest BCUT2D eigenvalue weighted by molar-refractivity contribution is 6.05. The Hall–Kier alpha value is -4.13. The van der Waals surface area contributed by atoms with Crippen molar-refractivity contribution in [2.75, 3.05) is 5.32 Å². The predicted molar refractivity (Wildman–Crippen MR) is 93.0 cm³/mol. The second kappa shape index (κ2) is 7.47. The van der Waals surface area contributed by atoms with Crippen molar-refractivity contribution in [1.82, 2.24) is 4.98 Å². The van der Waals surface area contributed by atoms with E-state index in [9.17, 15) is 27.9 Å². The van der Waals surface area contributed by atoms with Crippen LogP contribution in [-0.4, -0.2) is 22.0 Å². The van der Waals surface area contributed by atoms with Gasteiger partial charge in [0.05, 0.1) is 34.6 Å². The fourth-order valence-electron chi connectivity index (χ4n) is 2.52. The molecule has 0 unspecified atom stereocenters. The van der Waals surface area contributed by atoms with Crippen LogP contribution in [0.3, 0.4) is 0 Å². The van der Waals surface area contributed by atoms with Crippen LogP contribution in [0, 0.1) is 11.3 Å². The third-order valence-corrected chi connectivity index (χ3v) is 3.83. The Labute approximate surface area is 161 Å². The van der Waals surface area contributed by atoms with Crippen molar-refractivity contribution in [1.29, 1.82) is 5.26 Å². The number of benzene rings is 2. The number of carboxylic acids is 1. The van der Waals surface area contributed by atoms with Crippen LogP contribution in [-0.2, 0) is 6.18 Å². The zero-order chi connectivity index (χ0) is 21.2. The third-order valence-electron chi connectivity index (χ3n) is 3.83. The van der Waals surface area contributed by atoms with Gasteiger partial charge in [0.2, 0.25) is 0 Å². The Kier molecular flexibility index (Phi) is 5.06. The van der Waals surface area contributed by atoms with Crippen molar-refractivity contribution in [2.45, 2.75) is 6.18 Å². The average Bonchev–Trinajstić information content (AvgIpc) is 3.17. The van der Waals surface area contributed by atoms with E-state index in [1.807, 2.05) is 0 Å². The van der Waals surface area contributed by atoms with Gasteiger partial charge in [0.15, 0.2) is 5.76 Å². The summed E-state index contributed by atoms with van der Waals surface area (Å²) < 4.78 is 44.6. The number of alkyl halides is 3. The molecule has 0 saturated heterocycles. The van der Waals surface area contributed by atoms with Crippen molar-refractivity contribution in [3.8, 4) is 17.4 Å². The Morgan fingerprint density at radius 1 is 1.17 bits per heavy atom. The van der Waals surface area contributed by atoms with Crippen LogP contribution in [0.15, 0.2) is 53.1 Å². The largest absolute Gasteiger partial charge is 0.478 e. The number of rotatable bonds is 4. The average molecular weight is 401 g/mol. The minimum Gasteiger partial charge on any atom is -0.478 e. The first-order valence-corrected chi connectivity index (χ1v) is 7.92. The first-order chi connectivity index (χ1) is 13.7. The molecule has 3 aromatic rings. The van der Waals surface area contributed by atoms with Gasteiger partial charge in [0.25, 0.3) is 5.89 Å². The number of amides is 1. The molecule has 0 spiro atoms. The van der Waals surface area contributed by atoms with Crippen LogP contribution in [0.25, 0.3) is 11.3 Å². The summed E-state index contributed by atoms with van der Waals surface area (Å²) in [7, 11) is 0. The molecular formula is C19H10F3N3O4. The van der Waals surface area contributed by atoms with E-state index >= 15 is 0 Å². The minimum atomic E-state index is -4.63. The van der Waals surface area contributed by atoms with Crippen LogP contribution >= 0.6 is 0 Å². The van der Waals surface area contributed by atoms with Gasteiger partial charge >= 0.3 is 18.1 Å². The predicted octanol–water partition coefficient (Wildman–Crippen LogP) is 4.18. The second-order valence-electron chi connectivity index (χ2n) is 5.70. The summed E-state index contributed by atoms with van der Waals surface area (Å²) in [6.45, 7) is 0. The summed E-state index contributed by atoms with van der Waals surface area (Å²) >= 11 is 0. The quantitative estimate of drug-likeness (QED) is 0.677. The molecule has 0 aliphatic heterocycles. The number of carbonyl (C=O) groups is 2. The molecule has 0 aliphatic rings. The lowest BCUT2D eigenvalue weighted by atomic mass is 10.1. The van der Waals surface area contributed by atoms with Gasteiger partial charge in [-0.2, -0.15) is 18.4 Å². The molecule has 2 aromatic carbocycles. The zero-order valence-electron chi connectivity index (χ0n) is 14.3. The van der Waals surface area contributed by atoms with Crippen molar-refractivity contribution in [3.05, 3.63) is 71.2 Å². The number of halogens is 3. The maximum Gasteiger partial charge on any atom is 0.417 e. The summed E-state index contributed by atoms with van der Waals surface area (Å²) in [5.74, 6) is -3.18. The van der Waals surface area contributed by atoms with E-state index in [4.69, 9.17) is 9.68 Å². The van der Waals surface area contributed by atoms with Gasteiger partial charge in [-0.3, -0.25) is 4.79 Å². The first kappa shape index (κ1) is 19.6. The molecule has 2 N–H and O–H groups in total. The molecule has 0 atom stereocenters. The molecule has 1 aromatic heterocycles. The van der Waals surface area contributed by atoms with E-state index in [2.05, 4.69) is 10.3 Å². The molecule has 1 amide bonds. The lowest BCUT2D eigenvalue weighted by Gasteiger charge is -2.10. The van der Waals surface area contributed by atoms with Crippen molar-refractivity contribution >= 4 is 17.6 Å². The van der Waals surface area contributed by atoms with Crippen LogP contribution < -0.4 is 5.32 Å². The van der Waals surface area contributed by atoms with E-state index in [0.29, 0.717) is 0 Å². The number of oxazole rings is 1. The fraction of sp³-hybridized carbons (Fsp3) is 0.0526. The number of aromatic carboxylic acids is 1. The van der Waals surface area contributed by atoms with Gasteiger partial charge in [-0.25, -0.2) is 9.78 Å². The molecule has 146 valence electrons. The number of carbonyl (C=O) groups excluding carboxylic acids is 1. The fourth-order valence-corrected chi connectivity index (χ4v) is 2.52. The molecule has 1 heterocycles. The highest BCUT2D eigenvalue weighted by Crippen LogP contribution is 2.37. The maximum atomic E-state index is 13.1. The van der Waals surface area contributed by atoms with Crippen molar-refractivity contribution in [2.24, 2.45) is 0 Å². The lowest BCUT2D eigenvalue weighted by Crippen LogP contribution is -2.15. The van der Waals surface area contributed by atoms with Gasteiger partial charge < -0.3 is 14.8 Å². The summed E-state index contributed by atoms with van der Waals surface area (Å²) in [4.78, 5) is 27.3. The summed E-state index contributed by atoms with van der Waals surface area (Å²) in [6, 6.07) is 9.99. The number of nitriles is 1. The second-order valence-corrected chi connectivity index (χ2v) is 5.70. The Morgan fingerprint density at radius 2 is 1.90 bits per heavy atom. The van der Waals surface area contributed by atoms with E-state index in [1.54, 1.807) is 6.07 Å². The van der Waals surface area contributed by atoms with Gasteiger partial charge in [0.1, 0.15) is 0 Å². The number of aromatic nitrogens is 1. The minimum absolute atomic E-state index is 0.0718. The van der Waals surface area contributed by atoms with Gasteiger partial charge in [-0.05, 0) is 24.3 Å². The highest BCUT2D eigenvalue weighted by atomic mass is 19.4. The zero-order valence-corrected chi connectivity index (χ0v) is 14.3. The number of hydrogen-bond donors (Lipinski definition) is 2. The summed E-state index contributed by atoms with van der Waals surface area (Å²) in [5, 5.41) is 20.3. The van der Waals surface area contributed by atoms with E-state index < -0.39 is 29.5 Å². The molecule has 29 heavy (non-hydrogen) atoms. The summed E-state index contributed by atoms with van der Waals surface area (Å²) in [5.41, 5.74) is -1.65. The SMILES string of the molecule is N#Cc1ccc(NC(=O)c2ncc(-c3ccccc3C(F)(F)F)o2)c(C(=O)O)c1. The van der Waals surface area contributed by atoms with E-state index in [-0.39, 0.29) is 28.1 Å². The number of nitrogens with one attached hydrogen (secondary N) is 1.